The number of guanidine groups is 1. The number of nitrogens with one attached hydrogen (secondary N) is 2. The van der Waals surface area contributed by atoms with E-state index >= 15 is 0 Å². The van der Waals surface area contributed by atoms with E-state index in [-0.39, 0.29) is 0 Å². The van der Waals surface area contributed by atoms with Gasteiger partial charge >= 0.3 is 0 Å². The van der Waals surface area contributed by atoms with Crippen molar-refractivity contribution in [2.24, 2.45) is 4.99 Å². The first-order chi connectivity index (χ1) is 12.1. The fraction of sp³-hybridized carbons (Fsp3) is 0.650. The number of hydrogen-bond donors (Lipinski definition) is 2. The summed E-state index contributed by atoms with van der Waals surface area (Å²) < 4.78 is 5.14. The van der Waals surface area contributed by atoms with E-state index in [9.17, 15) is 0 Å². The molecule has 0 aromatic heterocycles. The van der Waals surface area contributed by atoms with Crippen LogP contribution in [0.1, 0.15) is 44.7 Å². The van der Waals surface area contributed by atoms with E-state index < -0.39 is 0 Å². The second kappa shape index (κ2) is 12.7. The number of aliphatic imine (C=N–C) groups is 1. The molecule has 5 heteroatoms. The zero-order valence-corrected chi connectivity index (χ0v) is 16.6. The molecule has 1 aromatic carbocycles. The maximum atomic E-state index is 5.14. The van der Waals surface area contributed by atoms with E-state index in [1.165, 1.54) is 24.1 Å². The maximum Gasteiger partial charge on any atom is 0.191 e. The minimum absolute atomic E-state index is 0.408. The Morgan fingerprint density at radius 3 is 2.36 bits per heavy atom. The van der Waals surface area contributed by atoms with Gasteiger partial charge < -0.3 is 20.3 Å². The van der Waals surface area contributed by atoms with E-state index in [1.54, 1.807) is 7.11 Å². The van der Waals surface area contributed by atoms with Gasteiger partial charge in [0.05, 0.1) is 6.61 Å². The third-order valence-electron chi connectivity index (χ3n) is 4.41. The lowest BCUT2D eigenvalue weighted by Gasteiger charge is -2.21. The molecule has 0 heterocycles. The summed E-state index contributed by atoms with van der Waals surface area (Å²) in [5.74, 6) is 0.858. The molecule has 0 aliphatic carbocycles. The highest BCUT2D eigenvalue weighted by Gasteiger charge is 2.06. The Morgan fingerprint density at radius 1 is 1.16 bits per heavy atom. The fourth-order valence-electron chi connectivity index (χ4n) is 2.77. The molecule has 142 valence electrons. The Hall–Kier alpha value is -1.59. The molecule has 0 saturated carbocycles. The smallest absolute Gasteiger partial charge is 0.191 e. The summed E-state index contributed by atoms with van der Waals surface area (Å²) in [5.41, 5.74) is 2.42. The third-order valence-corrected chi connectivity index (χ3v) is 4.41. The predicted octanol–water partition coefficient (Wildman–Crippen LogP) is 3.01. The van der Waals surface area contributed by atoms with Gasteiger partial charge in [-0.15, -0.1) is 0 Å². The highest BCUT2D eigenvalue weighted by Crippen LogP contribution is 2.05. The number of nitrogens with zero attached hydrogens (tertiary/aromatic N) is 2. The van der Waals surface area contributed by atoms with Crippen molar-refractivity contribution >= 4 is 5.96 Å². The zero-order chi connectivity index (χ0) is 18.5. The fourth-order valence-corrected chi connectivity index (χ4v) is 2.77. The van der Waals surface area contributed by atoms with Crippen molar-refractivity contribution in [3.63, 3.8) is 0 Å². The molecule has 0 saturated heterocycles. The van der Waals surface area contributed by atoms with Gasteiger partial charge in [-0.05, 0) is 50.5 Å². The molecule has 5 nitrogen and oxygen atoms in total. The maximum absolute atomic E-state index is 5.14. The van der Waals surface area contributed by atoms with Gasteiger partial charge in [-0.2, -0.15) is 0 Å². The first kappa shape index (κ1) is 21.5. The number of benzene rings is 1. The second-order valence-corrected chi connectivity index (χ2v) is 6.39. The molecule has 0 aliphatic rings. The third kappa shape index (κ3) is 8.89. The van der Waals surface area contributed by atoms with Gasteiger partial charge in [-0.25, -0.2) is 0 Å². The van der Waals surface area contributed by atoms with Crippen molar-refractivity contribution in [1.82, 2.24) is 15.5 Å². The summed E-state index contributed by atoms with van der Waals surface area (Å²) in [7, 11) is 3.54. The van der Waals surface area contributed by atoms with Crippen LogP contribution in [0.3, 0.4) is 0 Å². The molecule has 0 amide bonds. The Kier molecular flexibility index (Phi) is 10.9. The van der Waals surface area contributed by atoms with Crippen molar-refractivity contribution in [1.29, 1.82) is 0 Å². The summed E-state index contributed by atoms with van der Waals surface area (Å²) >= 11 is 0. The molecule has 0 bridgehead atoms. The highest BCUT2D eigenvalue weighted by atomic mass is 16.5. The van der Waals surface area contributed by atoms with Crippen LogP contribution in [0.4, 0.5) is 0 Å². The van der Waals surface area contributed by atoms with Gasteiger partial charge in [0, 0.05) is 26.7 Å². The molecule has 0 aliphatic heterocycles. The van der Waals surface area contributed by atoms with Gasteiger partial charge in [0.2, 0.25) is 0 Å². The Balaban J connectivity index is 2.33. The average molecular weight is 349 g/mol. The topological polar surface area (TPSA) is 48.9 Å². The molecule has 0 spiro atoms. The molecule has 1 rings (SSSR count). The number of methoxy groups -OCH3 is 1. The molecule has 0 fully saturated rings. The van der Waals surface area contributed by atoms with Crippen molar-refractivity contribution < 1.29 is 4.74 Å². The van der Waals surface area contributed by atoms with Crippen LogP contribution in [0.5, 0.6) is 0 Å². The van der Waals surface area contributed by atoms with Crippen molar-refractivity contribution in [3.05, 3.63) is 35.4 Å². The number of hydrogen-bond acceptors (Lipinski definition) is 3. The van der Waals surface area contributed by atoms with Crippen molar-refractivity contribution in [2.75, 3.05) is 33.8 Å². The van der Waals surface area contributed by atoms with E-state index in [4.69, 9.17) is 4.74 Å². The molecule has 1 unspecified atom stereocenters. The highest BCUT2D eigenvalue weighted by molar-refractivity contribution is 5.79. The van der Waals surface area contributed by atoms with E-state index in [0.29, 0.717) is 12.6 Å². The minimum Gasteiger partial charge on any atom is -0.380 e. The zero-order valence-electron chi connectivity index (χ0n) is 16.6. The van der Waals surface area contributed by atoms with Crippen LogP contribution in [0, 0.1) is 0 Å². The van der Waals surface area contributed by atoms with Crippen LogP contribution in [0.2, 0.25) is 0 Å². The van der Waals surface area contributed by atoms with Crippen LogP contribution in [-0.4, -0.2) is 50.7 Å². The lowest BCUT2D eigenvalue weighted by molar-refractivity contribution is 0.185. The molecular weight excluding hydrogens is 312 g/mol. The normalized spacial score (nSPS) is 13.1. The molecule has 2 N–H and O–H groups in total. The standard InChI is InChI=1S/C20H36N4O/c1-6-24(7-2)14-8-9-17(3)23-20(21-4)22-15-18-10-12-19(13-11-18)16-25-5/h10-13,17H,6-9,14-16H2,1-5H3,(H2,21,22,23). The number of ether oxygens (including phenoxy) is 1. The summed E-state index contributed by atoms with van der Waals surface area (Å²) in [6.45, 7) is 11.5. The second-order valence-electron chi connectivity index (χ2n) is 6.39. The van der Waals surface area contributed by atoms with Gasteiger partial charge in [0.1, 0.15) is 0 Å². The van der Waals surface area contributed by atoms with Gasteiger partial charge in [-0.3, -0.25) is 4.99 Å². The van der Waals surface area contributed by atoms with Gasteiger partial charge in [-0.1, -0.05) is 38.1 Å². The van der Waals surface area contributed by atoms with E-state index in [1.807, 2.05) is 7.05 Å². The Morgan fingerprint density at radius 2 is 1.80 bits per heavy atom. The molecule has 1 atom stereocenters. The van der Waals surface area contributed by atoms with Crippen LogP contribution >= 0.6 is 0 Å². The lowest BCUT2D eigenvalue weighted by atomic mass is 10.1. The largest absolute Gasteiger partial charge is 0.380 e. The quantitative estimate of drug-likeness (QED) is 0.477. The summed E-state index contributed by atoms with van der Waals surface area (Å²) in [6, 6.07) is 8.87. The van der Waals surface area contributed by atoms with Crippen molar-refractivity contribution in [3.8, 4) is 0 Å². The molecular formula is C20H36N4O. The number of rotatable bonds is 11. The molecule has 25 heavy (non-hydrogen) atoms. The monoisotopic (exact) mass is 348 g/mol. The van der Waals surface area contributed by atoms with E-state index in [0.717, 1.165) is 32.0 Å². The van der Waals surface area contributed by atoms with Crippen LogP contribution in [-0.2, 0) is 17.9 Å². The molecule has 0 radical (unpaired) electrons. The van der Waals surface area contributed by atoms with Crippen LogP contribution in [0.25, 0.3) is 0 Å². The Labute approximate surface area is 153 Å². The van der Waals surface area contributed by atoms with Crippen molar-refractivity contribution in [2.45, 2.75) is 52.8 Å². The van der Waals surface area contributed by atoms with E-state index in [2.05, 4.69) is 65.6 Å². The van der Waals surface area contributed by atoms with Gasteiger partial charge in [0.25, 0.3) is 0 Å². The molecule has 1 aromatic rings. The summed E-state index contributed by atoms with van der Waals surface area (Å²) in [4.78, 5) is 6.79. The van der Waals surface area contributed by atoms with Crippen LogP contribution < -0.4 is 10.6 Å². The predicted molar refractivity (Wildman–Crippen MR) is 107 cm³/mol. The first-order valence-electron chi connectivity index (χ1n) is 9.39. The SMILES string of the molecule is CCN(CC)CCCC(C)NC(=NC)NCc1ccc(COC)cc1. The summed E-state index contributed by atoms with van der Waals surface area (Å²) in [5, 5.41) is 6.87. The van der Waals surface area contributed by atoms with Crippen LogP contribution in [0.15, 0.2) is 29.3 Å². The lowest BCUT2D eigenvalue weighted by Crippen LogP contribution is -2.42. The Bertz CT molecular complexity index is 483. The average Bonchev–Trinajstić information content (AvgIpc) is 2.63. The minimum atomic E-state index is 0.408. The van der Waals surface area contributed by atoms with Gasteiger partial charge in [0.15, 0.2) is 5.96 Å². The summed E-state index contributed by atoms with van der Waals surface area (Å²) in [6.07, 6.45) is 2.34. The first-order valence-corrected chi connectivity index (χ1v) is 9.39.